The van der Waals surface area contributed by atoms with Gasteiger partial charge in [-0.25, -0.2) is 19.9 Å². The second-order valence-corrected chi connectivity index (χ2v) is 6.63. The van der Waals surface area contributed by atoms with Gasteiger partial charge in [-0.15, -0.1) is 0 Å². The fourth-order valence-corrected chi connectivity index (χ4v) is 3.59. The number of piperidine rings is 1. The highest BCUT2D eigenvalue weighted by atomic mass is 16.3. The molecule has 3 aromatic rings. The lowest BCUT2D eigenvalue weighted by atomic mass is 9.90. The van der Waals surface area contributed by atoms with Gasteiger partial charge in [0.15, 0.2) is 5.65 Å². The number of aliphatic hydroxyl groups excluding tert-OH is 1. The van der Waals surface area contributed by atoms with Crippen molar-refractivity contribution in [3.63, 3.8) is 0 Å². The van der Waals surface area contributed by atoms with E-state index in [4.69, 9.17) is 0 Å². The largest absolute Gasteiger partial charge is 0.385 e. The second kappa shape index (κ2) is 6.40. The Morgan fingerprint density at radius 1 is 1.16 bits per heavy atom. The van der Waals surface area contributed by atoms with E-state index in [1.165, 1.54) is 0 Å². The number of aliphatic hydroxyl groups is 1. The minimum Gasteiger partial charge on any atom is -0.385 e. The first-order valence-corrected chi connectivity index (χ1v) is 8.63. The summed E-state index contributed by atoms with van der Waals surface area (Å²) in [5.74, 6) is 2.63. The third-order valence-corrected chi connectivity index (χ3v) is 4.97. The minimum absolute atomic E-state index is 0.213. The summed E-state index contributed by atoms with van der Waals surface area (Å²) < 4.78 is 1.89. The van der Waals surface area contributed by atoms with Crippen LogP contribution in [0.5, 0.6) is 0 Å². The van der Waals surface area contributed by atoms with Crippen LogP contribution in [0.3, 0.4) is 0 Å². The Morgan fingerprint density at radius 2 is 1.96 bits per heavy atom. The standard InChI is InChI=1S/C18H22N6O/c1-12-21-16-14(4-3-7-19-16)17(22-12)24-9-5-13(6-10-24)15(25)18-20-8-11-23(18)2/h3-4,7-8,11,13,15,25H,5-6,9-10H2,1-2H3/t15-/m0/s1. The van der Waals surface area contributed by atoms with Crippen molar-refractivity contribution < 1.29 is 5.11 Å². The van der Waals surface area contributed by atoms with Crippen molar-refractivity contribution in [2.24, 2.45) is 13.0 Å². The summed E-state index contributed by atoms with van der Waals surface area (Å²) >= 11 is 0. The molecule has 130 valence electrons. The summed E-state index contributed by atoms with van der Waals surface area (Å²) in [6.45, 7) is 3.61. The summed E-state index contributed by atoms with van der Waals surface area (Å²) in [6.07, 6.45) is 6.64. The lowest BCUT2D eigenvalue weighted by Gasteiger charge is -2.35. The molecule has 4 rings (SSSR count). The van der Waals surface area contributed by atoms with E-state index in [-0.39, 0.29) is 5.92 Å². The van der Waals surface area contributed by atoms with Crippen LogP contribution >= 0.6 is 0 Å². The van der Waals surface area contributed by atoms with Crippen LogP contribution < -0.4 is 4.90 Å². The van der Waals surface area contributed by atoms with Gasteiger partial charge in [0.1, 0.15) is 23.6 Å². The highest BCUT2D eigenvalue weighted by Gasteiger charge is 2.29. The Morgan fingerprint density at radius 3 is 2.68 bits per heavy atom. The maximum atomic E-state index is 10.7. The van der Waals surface area contributed by atoms with E-state index in [1.54, 1.807) is 12.4 Å². The van der Waals surface area contributed by atoms with Crippen LogP contribution in [-0.4, -0.2) is 42.7 Å². The highest BCUT2D eigenvalue weighted by Crippen LogP contribution is 2.32. The average molecular weight is 338 g/mol. The third-order valence-electron chi connectivity index (χ3n) is 4.97. The van der Waals surface area contributed by atoms with Crippen LogP contribution in [0.15, 0.2) is 30.7 Å². The number of anilines is 1. The first-order chi connectivity index (χ1) is 12.1. The van der Waals surface area contributed by atoms with Crippen LogP contribution in [0.1, 0.15) is 30.6 Å². The number of aromatic nitrogens is 5. The van der Waals surface area contributed by atoms with Crippen LogP contribution in [0.4, 0.5) is 5.82 Å². The normalized spacial score (nSPS) is 17.2. The van der Waals surface area contributed by atoms with Crippen molar-refractivity contribution in [3.05, 3.63) is 42.4 Å². The molecule has 4 heterocycles. The summed E-state index contributed by atoms with van der Waals surface area (Å²) in [6, 6.07) is 3.94. The molecule has 0 amide bonds. The Hall–Kier alpha value is -2.54. The molecule has 7 nitrogen and oxygen atoms in total. The molecule has 1 saturated heterocycles. The molecular formula is C18H22N6O. The van der Waals surface area contributed by atoms with Crippen LogP contribution in [-0.2, 0) is 7.05 Å². The highest BCUT2D eigenvalue weighted by molar-refractivity contribution is 5.86. The van der Waals surface area contributed by atoms with Crippen molar-refractivity contribution in [3.8, 4) is 0 Å². The third kappa shape index (κ3) is 2.95. The molecule has 0 unspecified atom stereocenters. The van der Waals surface area contributed by atoms with E-state index in [0.29, 0.717) is 0 Å². The minimum atomic E-state index is -0.521. The van der Waals surface area contributed by atoms with Crippen molar-refractivity contribution in [1.29, 1.82) is 0 Å². The molecule has 3 aromatic heterocycles. The van der Waals surface area contributed by atoms with Gasteiger partial charge >= 0.3 is 0 Å². The summed E-state index contributed by atoms with van der Waals surface area (Å²) in [7, 11) is 1.92. The van der Waals surface area contributed by atoms with Gasteiger partial charge in [0, 0.05) is 38.7 Å². The van der Waals surface area contributed by atoms with Crippen molar-refractivity contribution >= 4 is 16.9 Å². The molecule has 1 aliphatic rings. The monoisotopic (exact) mass is 338 g/mol. The Kier molecular flexibility index (Phi) is 4.09. The first-order valence-electron chi connectivity index (χ1n) is 8.63. The molecule has 0 spiro atoms. The Balaban J connectivity index is 1.54. The number of fused-ring (bicyclic) bond motifs is 1. The van der Waals surface area contributed by atoms with Gasteiger partial charge < -0.3 is 14.6 Å². The van der Waals surface area contributed by atoms with Crippen LogP contribution in [0.25, 0.3) is 11.0 Å². The van der Waals surface area contributed by atoms with Gasteiger partial charge in [0.05, 0.1) is 5.39 Å². The summed E-state index contributed by atoms with van der Waals surface area (Å²) in [4.78, 5) is 20.0. The Labute approximate surface area is 146 Å². The summed E-state index contributed by atoms with van der Waals surface area (Å²) in [5, 5.41) is 11.6. The lowest BCUT2D eigenvalue weighted by Crippen LogP contribution is -2.36. The zero-order chi connectivity index (χ0) is 17.4. The molecule has 0 aliphatic carbocycles. The molecule has 0 radical (unpaired) electrons. The maximum absolute atomic E-state index is 10.7. The summed E-state index contributed by atoms with van der Waals surface area (Å²) in [5.41, 5.74) is 0.736. The molecule has 0 aromatic carbocycles. The average Bonchev–Trinajstić information content (AvgIpc) is 3.06. The zero-order valence-corrected chi connectivity index (χ0v) is 14.5. The Bertz CT molecular complexity index is 884. The van der Waals surface area contributed by atoms with Gasteiger partial charge in [-0.05, 0) is 37.8 Å². The fourth-order valence-electron chi connectivity index (χ4n) is 3.59. The number of imidazole rings is 1. The quantitative estimate of drug-likeness (QED) is 0.787. The van der Waals surface area contributed by atoms with E-state index in [9.17, 15) is 5.11 Å². The van der Waals surface area contributed by atoms with Crippen LogP contribution in [0.2, 0.25) is 0 Å². The SMILES string of the molecule is Cc1nc(N2CCC([C@H](O)c3nccn3C)CC2)c2cccnc2n1. The van der Waals surface area contributed by atoms with E-state index in [0.717, 1.165) is 54.4 Å². The van der Waals surface area contributed by atoms with Gasteiger partial charge in [-0.2, -0.15) is 0 Å². The van der Waals surface area contributed by atoms with E-state index < -0.39 is 6.10 Å². The zero-order valence-electron chi connectivity index (χ0n) is 14.5. The molecule has 7 heteroatoms. The second-order valence-electron chi connectivity index (χ2n) is 6.63. The van der Waals surface area contributed by atoms with Crippen molar-refractivity contribution in [1.82, 2.24) is 24.5 Å². The number of nitrogens with zero attached hydrogens (tertiary/aromatic N) is 6. The molecule has 1 aliphatic heterocycles. The molecule has 1 atom stereocenters. The molecule has 25 heavy (non-hydrogen) atoms. The molecule has 1 N–H and O–H groups in total. The predicted molar refractivity (Wildman–Crippen MR) is 95.2 cm³/mol. The lowest BCUT2D eigenvalue weighted by molar-refractivity contribution is 0.0824. The molecular weight excluding hydrogens is 316 g/mol. The van der Waals surface area contributed by atoms with Crippen LogP contribution in [0, 0.1) is 12.8 Å². The van der Waals surface area contributed by atoms with Gasteiger partial charge in [0.25, 0.3) is 0 Å². The molecule has 0 bridgehead atoms. The molecule has 1 fully saturated rings. The first kappa shape index (κ1) is 16.0. The van der Waals surface area contributed by atoms with E-state index >= 15 is 0 Å². The van der Waals surface area contributed by atoms with E-state index in [1.807, 2.05) is 36.9 Å². The number of hydrogen-bond donors (Lipinski definition) is 1. The number of hydrogen-bond acceptors (Lipinski definition) is 6. The van der Waals surface area contributed by atoms with Gasteiger partial charge in [-0.3, -0.25) is 0 Å². The predicted octanol–water partition coefficient (Wildman–Crippen LogP) is 2.02. The number of rotatable bonds is 3. The van der Waals surface area contributed by atoms with E-state index in [2.05, 4.69) is 24.8 Å². The topological polar surface area (TPSA) is 80.0 Å². The van der Waals surface area contributed by atoms with Crippen molar-refractivity contribution in [2.45, 2.75) is 25.9 Å². The maximum Gasteiger partial charge on any atom is 0.164 e. The number of aryl methyl sites for hydroxylation is 2. The number of pyridine rings is 1. The smallest absolute Gasteiger partial charge is 0.164 e. The van der Waals surface area contributed by atoms with Gasteiger partial charge in [0.2, 0.25) is 0 Å². The van der Waals surface area contributed by atoms with Crippen molar-refractivity contribution in [2.75, 3.05) is 18.0 Å². The molecule has 0 saturated carbocycles. The fraction of sp³-hybridized carbons (Fsp3) is 0.444. The van der Waals surface area contributed by atoms with Gasteiger partial charge in [-0.1, -0.05) is 0 Å².